The molecule has 0 fully saturated rings. The molecule has 0 unspecified atom stereocenters. The van der Waals surface area contributed by atoms with Crippen LogP contribution in [0.1, 0.15) is 0 Å². The number of hydrogen-bond acceptors (Lipinski definition) is 2. The van der Waals surface area contributed by atoms with E-state index in [2.05, 4.69) is 217 Å². The predicted molar refractivity (Wildman–Crippen MR) is 263 cm³/mol. The monoisotopic (exact) mass is 798 g/mol. The average Bonchev–Trinajstić information content (AvgIpc) is 3.93. The van der Waals surface area contributed by atoms with Crippen LogP contribution in [-0.2, 0) is 0 Å². The zero-order valence-corrected chi connectivity index (χ0v) is 35.1. The summed E-state index contributed by atoms with van der Waals surface area (Å²) in [5.41, 5.74) is 12.3. The summed E-state index contributed by atoms with van der Waals surface area (Å²) in [5, 5.41) is 13.3. The van der Waals surface area contributed by atoms with Crippen LogP contribution in [0.2, 0.25) is 13.1 Å². The fourth-order valence-electron chi connectivity index (χ4n) is 10.6. The maximum atomic E-state index is 2.55. The third-order valence-electron chi connectivity index (χ3n) is 13.3. The van der Waals surface area contributed by atoms with E-state index < -0.39 is 8.07 Å². The molecule has 1 aliphatic heterocycles. The van der Waals surface area contributed by atoms with Crippen molar-refractivity contribution in [3.63, 3.8) is 0 Å². The molecule has 0 amide bonds. The number of para-hydroxylation sites is 2. The van der Waals surface area contributed by atoms with Crippen LogP contribution in [0.4, 0.5) is 17.1 Å². The van der Waals surface area contributed by atoms with Crippen molar-refractivity contribution in [3.8, 4) is 22.3 Å². The number of aromatic nitrogens is 1. The lowest BCUT2D eigenvalue weighted by molar-refractivity contribution is 1.29. The molecule has 3 aromatic heterocycles. The van der Waals surface area contributed by atoms with Gasteiger partial charge in [-0.15, -0.1) is 11.3 Å². The summed E-state index contributed by atoms with van der Waals surface area (Å²) in [5.74, 6) is 0. The number of fused-ring (bicyclic) bond motifs is 10. The second-order valence-corrected chi connectivity index (χ2v) is 22.3. The Bertz CT molecular complexity index is 3740. The van der Waals surface area contributed by atoms with Crippen molar-refractivity contribution in [2.75, 3.05) is 4.90 Å². The number of thiophene rings is 1. The van der Waals surface area contributed by atoms with Crippen molar-refractivity contribution in [1.29, 1.82) is 0 Å². The molecule has 0 saturated heterocycles. The van der Waals surface area contributed by atoms with Gasteiger partial charge < -0.3 is 9.30 Å². The van der Waals surface area contributed by atoms with E-state index in [4.69, 9.17) is 0 Å². The zero-order valence-electron chi connectivity index (χ0n) is 33.3. The number of hydrogen-bond donors (Lipinski definition) is 0. The number of nitrogens with zero attached hydrogens (tertiary/aromatic N) is 2. The van der Waals surface area contributed by atoms with Crippen LogP contribution in [0.15, 0.2) is 194 Å². The summed E-state index contributed by atoms with van der Waals surface area (Å²) in [6, 6.07) is 72.9. The number of rotatable bonds is 4. The average molecular weight is 799 g/mol. The van der Waals surface area contributed by atoms with E-state index in [1.165, 1.54) is 107 Å². The highest BCUT2D eigenvalue weighted by Gasteiger charge is 2.37. The topological polar surface area (TPSA) is 7.65 Å². The Balaban J connectivity index is 1.11. The van der Waals surface area contributed by atoms with Crippen molar-refractivity contribution in [2.45, 2.75) is 13.1 Å². The summed E-state index contributed by atoms with van der Waals surface area (Å²) in [4.78, 5) is 2.48. The Morgan fingerprint density at radius 1 is 0.400 bits per heavy atom. The lowest BCUT2D eigenvalue weighted by Crippen LogP contribution is -2.49. The van der Waals surface area contributed by atoms with Gasteiger partial charge in [-0.3, -0.25) is 0 Å². The zero-order chi connectivity index (χ0) is 39.7. The van der Waals surface area contributed by atoms with Gasteiger partial charge in [-0.1, -0.05) is 147 Å². The molecular formula is C56H38N2SSi. The third kappa shape index (κ3) is 4.69. The van der Waals surface area contributed by atoms with Gasteiger partial charge in [-0.25, -0.2) is 0 Å². The summed E-state index contributed by atoms with van der Waals surface area (Å²) < 4.78 is 5.21. The Labute approximate surface area is 352 Å². The van der Waals surface area contributed by atoms with E-state index in [1.54, 1.807) is 0 Å². The predicted octanol–water partition coefficient (Wildman–Crippen LogP) is 14.9. The highest BCUT2D eigenvalue weighted by atomic mass is 32.1. The second-order valence-electron chi connectivity index (χ2n) is 16.9. The Morgan fingerprint density at radius 2 is 0.950 bits per heavy atom. The number of benzene rings is 9. The van der Waals surface area contributed by atoms with Gasteiger partial charge in [0.25, 0.3) is 0 Å². The minimum Gasteiger partial charge on any atom is -0.310 e. The molecule has 0 spiro atoms. The van der Waals surface area contributed by atoms with E-state index in [-0.39, 0.29) is 0 Å². The molecule has 9 aromatic carbocycles. The lowest BCUT2D eigenvalue weighted by atomic mass is 10.0. The molecule has 282 valence electrons. The molecule has 4 heteroatoms. The minimum absolute atomic E-state index is 1.14. The van der Waals surface area contributed by atoms with Crippen molar-refractivity contribution in [1.82, 2.24) is 4.40 Å². The molecule has 2 nitrogen and oxygen atoms in total. The molecule has 4 heterocycles. The first-order valence-corrected chi connectivity index (χ1v) is 24.7. The third-order valence-corrected chi connectivity index (χ3v) is 18.0. The standard InChI is InChI=1S/C56H38N2SSi/c1-60(2)52-24-9-7-16-41(52)42-31-29-39(34-53(42)60)57(37-27-25-36(26-28-37)35-13-4-3-5-14-35)38-30-32-49-47(33-38)46-20-10-19-45-44-18-12-23-51-55(44)54-43(17-11-22-50(54)59-51)40-15-6-8-21-48(40)58(49)56(45)46/h3-34H,1-2H3. The molecule has 60 heavy (non-hydrogen) atoms. The van der Waals surface area contributed by atoms with Crippen LogP contribution >= 0.6 is 11.3 Å². The van der Waals surface area contributed by atoms with Gasteiger partial charge in [0.1, 0.15) is 8.07 Å². The van der Waals surface area contributed by atoms with Gasteiger partial charge in [0.05, 0.1) is 16.6 Å². The molecule has 0 radical (unpaired) electrons. The van der Waals surface area contributed by atoms with Crippen LogP contribution in [0.3, 0.4) is 0 Å². The largest absolute Gasteiger partial charge is 0.310 e. The van der Waals surface area contributed by atoms with E-state index in [0.717, 1.165) is 11.4 Å². The highest BCUT2D eigenvalue weighted by Crippen LogP contribution is 2.46. The van der Waals surface area contributed by atoms with Gasteiger partial charge in [-0.2, -0.15) is 0 Å². The van der Waals surface area contributed by atoms with Crippen molar-refractivity contribution in [2.24, 2.45) is 0 Å². The maximum absolute atomic E-state index is 2.55. The summed E-state index contributed by atoms with van der Waals surface area (Å²) >= 11 is 1.90. The summed E-state index contributed by atoms with van der Waals surface area (Å²) in [6.45, 7) is 5.01. The molecule has 13 rings (SSSR count). The van der Waals surface area contributed by atoms with E-state index in [1.807, 2.05) is 11.3 Å². The molecule has 0 saturated carbocycles. The molecule has 0 bridgehead atoms. The first-order chi connectivity index (χ1) is 29.5. The van der Waals surface area contributed by atoms with Crippen LogP contribution in [-0.4, -0.2) is 12.5 Å². The summed E-state index contributed by atoms with van der Waals surface area (Å²) in [6.07, 6.45) is 0. The minimum atomic E-state index is -1.93. The highest BCUT2D eigenvalue weighted by molar-refractivity contribution is 7.26. The van der Waals surface area contributed by atoms with Crippen molar-refractivity contribution >= 4 is 116 Å². The van der Waals surface area contributed by atoms with Gasteiger partial charge in [-0.05, 0) is 104 Å². The molecule has 0 N–H and O–H groups in total. The SMILES string of the molecule is C[Si]1(C)c2ccccc2-c2ccc(N(c3ccc(-c4ccccc4)cc3)c3ccc4c(c3)c3cccc5c6cccc7sc8cccc(c9ccccc9n4c53)c8c76)cc21. The van der Waals surface area contributed by atoms with Gasteiger partial charge in [0, 0.05) is 58.8 Å². The molecule has 0 aliphatic carbocycles. The van der Waals surface area contributed by atoms with Crippen LogP contribution in [0.5, 0.6) is 0 Å². The first kappa shape index (κ1) is 33.9. The normalized spacial score (nSPS) is 13.3. The van der Waals surface area contributed by atoms with Crippen molar-refractivity contribution < 1.29 is 0 Å². The Hall–Kier alpha value is -6.98. The maximum Gasteiger partial charge on any atom is 0.113 e. The fraction of sp³-hybridized carbons (Fsp3) is 0.0357. The van der Waals surface area contributed by atoms with Gasteiger partial charge in [0.2, 0.25) is 0 Å². The quantitative estimate of drug-likeness (QED) is 0.161. The Kier molecular flexibility index (Phi) is 7.08. The number of anilines is 3. The van der Waals surface area contributed by atoms with Gasteiger partial charge in [0.15, 0.2) is 0 Å². The molecule has 1 aliphatic rings. The first-order valence-electron chi connectivity index (χ1n) is 20.8. The van der Waals surface area contributed by atoms with E-state index >= 15 is 0 Å². The lowest BCUT2D eigenvalue weighted by Gasteiger charge is -2.28. The van der Waals surface area contributed by atoms with E-state index in [0.29, 0.717) is 0 Å². The molecule has 12 aromatic rings. The molecule has 0 atom stereocenters. The van der Waals surface area contributed by atoms with Crippen LogP contribution in [0.25, 0.3) is 91.3 Å². The van der Waals surface area contributed by atoms with E-state index in [9.17, 15) is 0 Å². The van der Waals surface area contributed by atoms with Crippen molar-refractivity contribution in [3.05, 3.63) is 194 Å². The van der Waals surface area contributed by atoms with Crippen LogP contribution < -0.4 is 15.3 Å². The molecular weight excluding hydrogens is 761 g/mol. The fourth-order valence-corrected chi connectivity index (χ4v) is 14.8. The summed E-state index contributed by atoms with van der Waals surface area (Å²) in [7, 11) is -1.93. The van der Waals surface area contributed by atoms with Crippen LogP contribution in [0, 0.1) is 0 Å². The second kappa shape index (κ2) is 12.5. The Morgan fingerprint density at radius 3 is 1.75 bits per heavy atom. The van der Waals surface area contributed by atoms with Gasteiger partial charge >= 0.3 is 0 Å². The smallest absolute Gasteiger partial charge is 0.113 e.